The Labute approximate surface area is 159 Å². The molecule has 0 unspecified atom stereocenters. The molecule has 6 nitrogen and oxygen atoms in total. The summed E-state index contributed by atoms with van der Waals surface area (Å²) in [5, 5.41) is 42.9. The standard InChI is InChI=1S/C18H19ClO6S/c19-13-6-10-8-24-18(17(23)16(22)15(21)14(7-20)25-18)12(10)5-9(13)4-11-2-1-3-26-11/h1-3,5-6,14-17,20-23H,4,7-8H2/t14-,15-,16+,17-,18+/m1/s1. The summed E-state index contributed by atoms with van der Waals surface area (Å²) in [6, 6.07) is 7.56. The number of ether oxygens (including phenoxy) is 2. The van der Waals surface area contributed by atoms with Crippen molar-refractivity contribution in [1.82, 2.24) is 0 Å². The van der Waals surface area contributed by atoms with Crippen molar-refractivity contribution in [3.05, 3.63) is 56.2 Å². The summed E-state index contributed by atoms with van der Waals surface area (Å²) in [6.07, 6.45) is -4.88. The predicted octanol–water partition coefficient (Wildman–Crippen LogP) is 1.15. The molecule has 2 aliphatic rings. The molecule has 0 saturated carbocycles. The van der Waals surface area contributed by atoms with Crippen molar-refractivity contribution in [3.63, 3.8) is 0 Å². The number of hydrogen-bond donors (Lipinski definition) is 4. The van der Waals surface area contributed by atoms with E-state index in [9.17, 15) is 20.4 Å². The molecule has 8 heteroatoms. The van der Waals surface area contributed by atoms with Gasteiger partial charge in [0.25, 0.3) is 0 Å². The van der Waals surface area contributed by atoms with Gasteiger partial charge < -0.3 is 29.9 Å². The van der Waals surface area contributed by atoms with Crippen LogP contribution in [0.15, 0.2) is 29.6 Å². The van der Waals surface area contributed by atoms with Gasteiger partial charge in [0.15, 0.2) is 0 Å². The Bertz CT molecular complexity index is 795. The lowest BCUT2D eigenvalue weighted by Gasteiger charge is -2.46. The fourth-order valence-electron chi connectivity index (χ4n) is 3.59. The first-order valence-electron chi connectivity index (χ1n) is 8.27. The van der Waals surface area contributed by atoms with Crippen LogP contribution in [0.25, 0.3) is 0 Å². The molecule has 0 bridgehead atoms. The first kappa shape index (κ1) is 18.3. The predicted molar refractivity (Wildman–Crippen MR) is 95.0 cm³/mol. The minimum Gasteiger partial charge on any atom is -0.394 e. The number of thiophene rings is 1. The number of halogens is 1. The lowest BCUT2D eigenvalue weighted by Crippen LogP contribution is -2.63. The lowest BCUT2D eigenvalue weighted by molar-refractivity contribution is -0.368. The average Bonchev–Trinajstić information content (AvgIpc) is 3.26. The molecule has 5 atom stereocenters. The van der Waals surface area contributed by atoms with Crippen LogP contribution in [0.1, 0.15) is 21.6 Å². The van der Waals surface area contributed by atoms with E-state index in [0.717, 1.165) is 16.0 Å². The molecule has 140 valence electrons. The Balaban J connectivity index is 1.76. The molecule has 1 spiro atoms. The summed E-state index contributed by atoms with van der Waals surface area (Å²) in [5.74, 6) is -1.64. The smallest absolute Gasteiger partial charge is 0.225 e. The highest BCUT2D eigenvalue weighted by atomic mass is 35.5. The number of rotatable bonds is 3. The van der Waals surface area contributed by atoms with Gasteiger partial charge in [0.05, 0.1) is 13.2 Å². The summed E-state index contributed by atoms with van der Waals surface area (Å²) in [6.45, 7) is -0.368. The summed E-state index contributed by atoms with van der Waals surface area (Å²) in [5.41, 5.74) is 2.14. The second-order valence-electron chi connectivity index (χ2n) is 6.58. The molecule has 4 rings (SSSR count). The van der Waals surface area contributed by atoms with Crippen LogP contribution < -0.4 is 0 Å². The quantitative estimate of drug-likeness (QED) is 0.619. The second-order valence-corrected chi connectivity index (χ2v) is 8.02. The van der Waals surface area contributed by atoms with E-state index in [2.05, 4.69) is 0 Å². The van der Waals surface area contributed by atoms with Gasteiger partial charge in [-0.3, -0.25) is 0 Å². The van der Waals surface area contributed by atoms with Crippen molar-refractivity contribution < 1.29 is 29.9 Å². The molecular formula is C18H19ClO6S. The van der Waals surface area contributed by atoms with Crippen LogP contribution in [0.4, 0.5) is 0 Å². The third kappa shape index (κ3) is 2.80. The topological polar surface area (TPSA) is 99.4 Å². The summed E-state index contributed by atoms with van der Waals surface area (Å²) in [7, 11) is 0. The highest BCUT2D eigenvalue weighted by Gasteiger charge is 2.58. The molecule has 1 saturated heterocycles. The Morgan fingerprint density at radius 1 is 1.23 bits per heavy atom. The SMILES string of the molecule is OC[C@H]1O[C@]2(OCc3cc(Cl)c(Cc4cccs4)cc32)[C@H](O)[C@@H](O)[C@@H]1O. The molecule has 1 aromatic carbocycles. The van der Waals surface area contributed by atoms with E-state index < -0.39 is 36.8 Å². The fraction of sp³-hybridized carbons (Fsp3) is 0.444. The molecule has 2 aromatic rings. The van der Waals surface area contributed by atoms with Gasteiger partial charge in [-0.05, 0) is 34.7 Å². The minimum absolute atomic E-state index is 0.145. The maximum absolute atomic E-state index is 10.6. The fourth-order valence-corrected chi connectivity index (χ4v) is 4.57. The van der Waals surface area contributed by atoms with Crippen LogP contribution in [0, 0.1) is 0 Å². The number of aliphatic hydroxyl groups is 4. The molecule has 0 radical (unpaired) electrons. The van der Waals surface area contributed by atoms with Gasteiger partial charge in [-0.2, -0.15) is 0 Å². The molecular weight excluding hydrogens is 380 g/mol. The first-order chi connectivity index (χ1) is 12.5. The maximum Gasteiger partial charge on any atom is 0.225 e. The van der Waals surface area contributed by atoms with Gasteiger partial charge in [-0.15, -0.1) is 11.3 Å². The largest absolute Gasteiger partial charge is 0.394 e. The van der Waals surface area contributed by atoms with Crippen molar-refractivity contribution in [3.8, 4) is 0 Å². The molecule has 2 aliphatic heterocycles. The number of benzene rings is 1. The summed E-state index contributed by atoms with van der Waals surface area (Å²) < 4.78 is 11.5. The van der Waals surface area contributed by atoms with Gasteiger partial charge in [-0.25, -0.2) is 0 Å². The van der Waals surface area contributed by atoms with E-state index in [4.69, 9.17) is 21.1 Å². The van der Waals surface area contributed by atoms with Gasteiger partial charge >= 0.3 is 0 Å². The van der Waals surface area contributed by atoms with Crippen LogP contribution in [0.2, 0.25) is 5.02 Å². The Morgan fingerprint density at radius 2 is 2.04 bits per heavy atom. The van der Waals surface area contributed by atoms with Crippen LogP contribution in [-0.2, 0) is 28.3 Å². The Hall–Kier alpha value is -1.03. The highest BCUT2D eigenvalue weighted by molar-refractivity contribution is 7.09. The van der Waals surface area contributed by atoms with E-state index in [1.807, 2.05) is 23.6 Å². The first-order valence-corrected chi connectivity index (χ1v) is 9.53. The van der Waals surface area contributed by atoms with Crippen LogP contribution >= 0.6 is 22.9 Å². The third-order valence-electron chi connectivity index (χ3n) is 4.98. The van der Waals surface area contributed by atoms with Crippen molar-refractivity contribution in [2.45, 2.75) is 43.2 Å². The second kappa shape index (κ2) is 6.85. The Kier molecular flexibility index (Phi) is 4.83. The number of fused-ring (bicyclic) bond motifs is 2. The average molecular weight is 399 g/mol. The van der Waals surface area contributed by atoms with Gasteiger partial charge in [0.1, 0.15) is 24.4 Å². The highest BCUT2D eigenvalue weighted by Crippen LogP contribution is 2.47. The molecule has 3 heterocycles. The number of hydrogen-bond acceptors (Lipinski definition) is 7. The molecule has 4 N–H and O–H groups in total. The van der Waals surface area contributed by atoms with E-state index in [-0.39, 0.29) is 6.61 Å². The molecule has 1 aromatic heterocycles. The van der Waals surface area contributed by atoms with Crippen molar-refractivity contribution in [2.75, 3.05) is 6.61 Å². The van der Waals surface area contributed by atoms with E-state index >= 15 is 0 Å². The van der Waals surface area contributed by atoms with Crippen LogP contribution in [-0.4, -0.2) is 51.4 Å². The van der Waals surface area contributed by atoms with Crippen molar-refractivity contribution in [1.29, 1.82) is 0 Å². The minimum atomic E-state index is -1.64. The molecule has 26 heavy (non-hydrogen) atoms. The zero-order valence-electron chi connectivity index (χ0n) is 13.7. The van der Waals surface area contributed by atoms with E-state index in [0.29, 0.717) is 17.0 Å². The van der Waals surface area contributed by atoms with Crippen molar-refractivity contribution in [2.24, 2.45) is 0 Å². The van der Waals surface area contributed by atoms with Crippen LogP contribution in [0.5, 0.6) is 0 Å². The zero-order chi connectivity index (χ0) is 18.5. The van der Waals surface area contributed by atoms with Crippen LogP contribution in [0.3, 0.4) is 0 Å². The van der Waals surface area contributed by atoms with E-state index in [1.54, 1.807) is 17.4 Å². The lowest BCUT2D eigenvalue weighted by atomic mass is 9.86. The summed E-state index contributed by atoms with van der Waals surface area (Å²) in [4.78, 5) is 1.13. The van der Waals surface area contributed by atoms with E-state index in [1.165, 1.54) is 0 Å². The normalized spacial score (nSPS) is 33.6. The van der Waals surface area contributed by atoms with Crippen molar-refractivity contribution >= 4 is 22.9 Å². The monoisotopic (exact) mass is 398 g/mol. The summed E-state index contributed by atoms with van der Waals surface area (Å²) >= 11 is 8.03. The molecule has 0 amide bonds. The van der Waals surface area contributed by atoms with Gasteiger partial charge in [0.2, 0.25) is 5.79 Å². The van der Waals surface area contributed by atoms with Gasteiger partial charge in [-0.1, -0.05) is 17.7 Å². The third-order valence-corrected chi connectivity index (χ3v) is 6.21. The molecule has 1 fully saturated rings. The molecule has 0 aliphatic carbocycles. The zero-order valence-corrected chi connectivity index (χ0v) is 15.3. The Morgan fingerprint density at radius 3 is 2.73 bits per heavy atom. The maximum atomic E-state index is 10.6. The van der Waals surface area contributed by atoms with Gasteiger partial charge in [0, 0.05) is 21.9 Å². The number of aliphatic hydroxyl groups excluding tert-OH is 4.